The van der Waals surface area contributed by atoms with E-state index < -0.39 is 5.82 Å². The molecule has 0 atom stereocenters. The van der Waals surface area contributed by atoms with Crippen molar-refractivity contribution in [3.05, 3.63) is 50.5 Å². The van der Waals surface area contributed by atoms with Gasteiger partial charge in [-0.15, -0.1) is 0 Å². The van der Waals surface area contributed by atoms with E-state index >= 15 is 0 Å². The summed E-state index contributed by atoms with van der Waals surface area (Å²) in [7, 11) is 1.74. The first kappa shape index (κ1) is 14.2. The number of benzene rings is 1. The second-order valence-electron chi connectivity index (χ2n) is 4.20. The Bertz CT molecular complexity index is 654. The van der Waals surface area contributed by atoms with E-state index in [1.807, 2.05) is 0 Å². The number of hydrogen-bond acceptors (Lipinski definition) is 2. The highest BCUT2D eigenvalue weighted by atomic mass is 79.9. The topological polar surface area (TPSA) is 34.9 Å². The number of rotatable bonds is 3. The summed E-state index contributed by atoms with van der Waals surface area (Å²) in [5.74, 6) is -0.531. The van der Waals surface area contributed by atoms with Crippen LogP contribution in [-0.2, 0) is 13.5 Å². The monoisotopic (exact) mass is 344 g/mol. The number of ketones is 1. The normalized spacial score (nSPS) is 10.8. The highest BCUT2D eigenvalue weighted by molar-refractivity contribution is 9.10. The van der Waals surface area contributed by atoms with Gasteiger partial charge in [-0.25, -0.2) is 4.39 Å². The fraction of sp³-hybridized carbons (Fsp3) is 0.231. The summed E-state index contributed by atoms with van der Waals surface area (Å²) in [6.45, 7) is 1.78. The molecule has 2 rings (SSSR count). The van der Waals surface area contributed by atoms with Crippen LogP contribution in [0.5, 0.6) is 0 Å². The molecule has 0 bridgehead atoms. The highest BCUT2D eigenvalue weighted by Gasteiger charge is 2.16. The van der Waals surface area contributed by atoms with Gasteiger partial charge in [-0.3, -0.25) is 9.48 Å². The number of nitrogens with zero attached hydrogens (tertiary/aromatic N) is 2. The van der Waals surface area contributed by atoms with Crippen LogP contribution in [0.4, 0.5) is 4.39 Å². The van der Waals surface area contributed by atoms with Gasteiger partial charge in [0.05, 0.1) is 27.3 Å². The number of aromatic nitrogens is 2. The van der Waals surface area contributed by atoms with Gasteiger partial charge in [0.15, 0.2) is 5.78 Å². The van der Waals surface area contributed by atoms with E-state index in [-0.39, 0.29) is 16.7 Å². The maximum atomic E-state index is 13.1. The van der Waals surface area contributed by atoms with Crippen molar-refractivity contribution in [2.24, 2.45) is 7.05 Å². The molecule has 0 fully saturated rings. The molecule has 0 radical (unpaired) electrons. The SMILES string of the molecule is Cc1nn(C)c(CC(=O)c2ccc(F)c(Br)c2)c1Cl. The molecule has 1 aromatic heterocycles. The van der Waals surface area contributed by atoms with Crippen molar-refractivity contribution in [1.82, 2.24) is 9.78 Å². The third-order valence-electron chi connectivity index (χ3n) is 2.83. The van der Waals surface area contributed by atoms with Crippen LogP contribution in [0.15, 0.2) is 22.7 Å². The molecule has 2 aromatic rings. The Hall–Kier alpha value is -1.20. The number of hydrogen-bond donors (Lipinski definition) is 0. The van der Waals surface area contributed by atoms with Crippen molar-refractivity contribution >= 4 is 33.3 Å². The van der Waals surface area contributed by atoms with Gasteiger partial charge in [-0.1, -0.05) is 11.6 Å². The first-order chi connectivity index (χ1) is 8.90. The molecule has 100 valence electrons. The van der Waals surface area contributed by atoms with Crippen molar-refractivity contribution in [3.63, 3.8) is 0 Å². The van der Waals surface area contributed by atoms with Crippen molar-refractivity contribution in [1.29, 1.82) is 0 Å². The average molecular weight is 346 g/mol. The fourth-order valence-corrected chi connectivity index (χ4v) is 2.40. The van der Waals surface area contributed by atoms with Gasteiger partial charge in [0.2, 0.25) is 0 Å². The lowest BCUT2D eigenvalue weighted by molar-refractivity contribution is 0.0990. The summed E-state index contributed by atoms with van der Waals surface area (Å²) in [4.78, 5) is 12.1. The first-order valence-corrected chi connectivity index (χ1v) is 6.73. The summed E-state index contributed by atoms with van der Waals surface area (Å²) in [5.41, 5.74) is 1.78. The number of Topliss-reactive ketones (excluding diaryl/α,β-unsaturated/α-hetero) is 1. The number of halogens is 3. The van der Waals surface area contributed by atoms with Gasteiger partial charge in [-0.05, 0) is 41.1 Å². The van der Waals surface area contributed by atoms with Crippen LogP contribution >= 0.6 is 27.5 Å². The molecule has 1 heterocycles. The molecule has 0 spiro atoms. The van der Waals surface area contributed by atoms with Gasteiger partial charge in [-0.2, -0.15) is 5.10 Å². The minimum Gasteiger partial charge on any atom is -0.294 e. The molecule has 0 aliphatic heterocycles. The van der Waals surface area contributed by atoms with Crippen LogP contribution in [0.3, 0.4) is 0 Å². The van der Waals surface area contributed by atoms with Crippen LogP contribution in [0, 0.1) is 12.7 Å². The number of carbonyl (C=O) groups is 1. The first-order valence-electron chi connectivity index (χ1n) is 5.56. The van der Waals surface area contributed by atoms with E-state index in [0.717, 1.165) is 0 Å². The predicted octanol–water partition coefficient (Wildman–Crippen LogP) is 3.71. The van der Waals surface area contributed by atoms with E-state index in [1.165, 1.54) is 18.2 Å². The van der Waals surface area contributed by atoms with Crippen LogP contribution in [-0.4, -0.2) is 15.6 Å². The molecule has 0 aliphatic rings. The van der Waals surface area contributed by atoms with Crippen molar-refractivity contribution < 1.29 is 9.18 Å². The number of carbonyl (C=O) groups excluding carboxylic acids is 1. The third kappa shape index (κ3) is 2.87. The largest absolute Gasteiger partial charge is 0.294 e. The number of aryl methyl sites for hydroxylation is 2. The lowest BCUT2D eigenvalue weighted by atomic mass is 10.1. The quantitative estimate of drug-likeness (QED) is 0.795. The lowest BCUT2D eigenvalue weighted by Gasteiger charge is -2.04. The zero-order chi connectivity index (χ0) is 14.2. The predicted molar refractivity (Wildman–Crippen MR) is 75.1 cm³/mol. The summed E-state index contributed by atoms with van der Waals surface area (Å²) < 4.78 is 15.0. The molecule has 0 saturated carbocycles. The smallest absolute Gasteiger partial charge is 0.168 e. The van der Waals surface area contributed by atoms with Crippen LogP contribution in [0.2, 0.25) is 5.02 Å². The highest BCUT2D eigenvalue weighted by Crippen LogP contribution is 2.22. The van der Waals surface area contributed by atoms with Gasteiger partial charge in [0, 0.05) is 12.6 Å². The Morgan fingerprint density at radius 3 is 2.74 bits per heavy atom. The summed E-state index contributed by atoms with van der Waals surface area (Å²) in [6.07, 6.45) is 0.133. The minimum absolute atomic E-state index is 0.133. The molecule has 0 saturated heterocycles. The van der Waals surface area contributed by atoms with Crippen molar-refractivity contribution in [2.45, 2.75) is 13.3 Å². The summed E-state index contributed by atoms with van der Waals surface area (Å²) in [5, 5.41) is 4.65. The molecule has 3 nitrogen and oxygen atoms in total. The second kappa shape index (κ2) is 5.43. The van der Waals surface area contributed by atoms with Gasteiger partial charge < -0.3 is 0 Å². The van der Waals surface area contributed by atoms with E-state index in [0.29, 0.717) is 22.0 Å². The Kier molecular flexibility index (Phi) is 4.06. The molecule has 19 heavy (non-hydrogen) atoms. The second-order valence-corrected chi connectivity index (χ2v) is 5.43. The van der Waals surface area contributed by atoms with E-state index in [4.69, 9.17) is 11.6 Å². The fourth-order valence-electron chi connectivity index (χ4n) is 1.80. The van der Waals surface area contributed by atoms with Crippen LogP contribution in [0.25, 0.3) is 0 Å². The molecule has 0 unspecified atom stereocenters. The lowest BCUT2D eigenvalue weighted by Crippen LogP contribution is -2.08. The third-order valence-corrected chi connectivity index (χ3v) is 3.93. The van der Waals surface area contributed by atoms with E-state index in [1.54, 1.807) is 18.7 Å². The molecular weight excluding hydrogens is 335 g/mol. The van der Waals surface area contributed by atoms with Crippen LogP contribution < -0.4 is 0 Å². The maximum absolute atomic E-state index is 13.1. The van der Waals surface area contributed by atoms with E-state index in [2.05, 4.69) is 21.0 Å². The molecule has 1 aromatic carbocycles. The standard InChI is InChI=1S/C13H11BrClFN2O/c1-7-13(15)11(18(2)17-7)6-12(19)8-3-4-10(16)9(14)5-8/h3-5H,6H2,1-2H3. The Morgan fingerprint density at radius 2 is 2.21 bits per heavy atom. The summed E-state index contributed by atoms with van der Waals surface area (Å²) >= 11 is 9.16. The molecule has 0 N–H and O–H groups in total. The molecular formula is C13H11BrClFN2O. The Labute approximate surface area is 123 Å². The zero-order valence-electron chi connectivity index (χ0n) is 10.4. The van der Waals surface area contributed by atoms with E-state index in [9.17, 15) is 9.18 Å². The van der Waals surface area contributed by atoms with Crippen molar-refractivity contribution in [3.8, 4) is 0 Å². The van der Waals surface area contributed by atoms with Gasteiger partial charge in [0.1, 0.15) is 5.82 Å². The van der Waals surface area contributed by atoms with Gasteiger partial charge in [0.25, 0.3) is 0 Å². The molecule has 0 aliphatic carbocycles. The minimum atomic E-state index is -0.397. The van der Waals surface area contributed by atoms with Crippen LogP contribution in [0.1, 0.15) is 21.7 Å². The Morgan fingerprint density at radius 1 is 1.53 bits per heavy atom. The zero-order valence-corrected chi connectivity index (χ0v) is 12.7. The average Bonchev–Trinajstić information content (AvgIpc) is 2.59. The summed E-state index contributed by atoms with van der Waals surface area (Å²) in [6, 6.07) is 4.18. The maximum Gasteiger partial charge on any atom is 0.168 e. The molecule has 0 amide bonds. The van der Waals surface area contributed by atoms with Gasteiger partial charge >= 0.3 is 0 Å². The van der Waals surface area contributed by atoms with Crippen molar-refractivity contribution in [2.75, 3.05) is 0 Å². The molecule has 6 heteroatoms. The Balaban J connectivity index is 2.28.